The van der Waals surface area contributed by atoms with E-state index in [2.05, 4.69) is 0 Å². The summed E-state index contributed by atoms with van der Waals surface area (Å²) in [7, 11) is -1.28. The van der Waals surface area contributed by atoms with Gasteiger partial charge in [0.15, 0.2) is 0 Å². The van der Waals surface area contributed by atoms with E-state index in [4.69, 9.17) is 4.84 Å². The Morgan fingerprint density at radius 1 is 1.32 bits per heavy atom. The van der Waals surface area contributed by atoms with Gasteiger partial charge < -0.3 is 0 Å². The van der Waals surface area contributed by atoms with Crippen molar-refractivity contribution in [2.45, 2.75) is 38.2 Å². The molecular weight excluding hydrogens is 268 g/mol. The summed E-state index contributed by atoms with van der Waals surface area (Å²) in [6.45, 7) is 7.38. The third-order valence-corrected chi connectivity index (χ3v) is 4.64. The number of nitrogens with zero attached hydrogens (tertiary/aromatic N) is 2. The van der Waals surface area contributed by atoms with Gasteiger partial charge in [0.1, 0.15) is 11.0 Å². The molecule has 7 heteroatoms. The molecule has 1 aromatic carbocycles. The lowest BCUT2D eigenvalue weighted by Gasteiger charge is -2.17. The number of nitro benzene ring substituents is 1. The molecule has 19 heavy (non-hydrogen) atoms. The summed E-state index contributed by atoms with van der Waals surface area (Å²) in [6.07, 6.45) is 0. The molecule has 0 radical (unpaired) electrons. The third kappa shape index (κ3) is 2.54. The standard InChI is InChI=1S/C12H16N2O4S/c1-11(2,3)19(17)14-12(4,18-14)9-5-7-10(8-6-9)13(15)16/h5-8H,1-4H3. The maximum Gasteiger partial charge on any atom is 0.269 e. The SMILES string of the molecule is CC1(c2ccc([N+](=O)[O-])cc2)ON1S(=O)C(C)(C)C. The second-order valence-electron chi connectivity index (χ2n) is 5.50. The summed E-state index contributed by atoms with van der Waals surface area (Å²) >= 11 is 0. The number of hydroxylamine groups is 1. The molecule has 1 heterocycles. The Labute approximate surface area is 114 Å². The van der Waals surface area contributed by atoms with E-state index in [0.717, 1.165) is 5.56 Å². The summed E-state index contributed by atoms with van der Waals surface area (Å²) in [5.41, 5.74) is -0.0000159. The Morgan fingerprint density at radius 2 is 1.84 bits per heavy atom. The van der Waals surface area contributed by atoms with Gasteiger partial charge in [-0.1, -0.05) is 4.47 Å². The lowest BCUT2D eigenvalue weighted by molar-refractivity contribution is -0.384. The van der Waals surface area contributed by atoms with Crippen molar-refractivity contribution in [2.75, 3.05) is 0 Å². The van der Waals surface area contributed by atoms with Crippen LogP contribution in [-0.4, -0.2) is 18.3 Å². The first-order valence-corrected chi connectivity index (χ1v) is 6.93. The van der Waals surface area contributed by atoms with Crippen LogP contribution in [0.1, 0.15) is 33.3 Å². The number of non-ortho nitro benzene ring substituents is 1. The van der Waals surface area contributed by atoms with Crippen molar-refractivity contribution in [2.24, 2.45) is 0 Å². The highest BCUT2D eigenvalue weighted by atomic mass is 32.2. The fourth-order valence-corrected chi connectivity index (χ4v) is 2.76. The van der Waals surface area contributed by atoms with Crippen LogP contribution in [0.15, 0.2) is 24.3 Å². The zero-order valence-electron chi connectivity index (χ0n) is 11.2. The van der Waals surface area contributed by atoms with Gasteiger partial charge in [0, 0.05) is 17.7 Å². The predicted octanol–water partition coefficient (Wildman–Crippen LogP) is 2.48. The zero-order chi connectivity index (χ0) is 14.4. The maximum absolute atomic E-state index is 12.2. The number of hydrogen-bond donors (Lipinski definition) is 0. The molecule has 0 amide bonds. The van der Waals surface area contributed by atoms with Crippen LogP contribution in [0.4, 0.5) is 5.69 Å². The van der Waals surface area contributed by atoms with Gasteiger partial charge in [-0.15, -0.1) is 0 Å². The van der Waals surface area contributed by atoms with Crippen LogP contribution < -0.4 is 0 Å². The van der Waals surface area contributed by atoms with Crippen molar-refractivity contribution < 1.29 is 14.0 Å². The molecule has 1 aliphatic heterocycles. The zero-order valence-corrected chi connectivity index (χ0v) is 12.1. The van der Waals surface area contributed by atoms with Crippen molar-refractivity contribution in [3.8, 4) is 0 Å². The third-order valence-electron chi connectivity index (χ3n) is 2.86. The first kappa shape index (κ1) is 14.1. The number of nitro groups is 1. The second kappa shape index (κ2) is 4.36. The topological polar surface area (TPSA) is 75.8 Å². The Kier molecular flexibility index (Phi) is 3.24. The van der Waals surface area contributed by atoms with Gasteiger partial charge in [0.05, 0.1) is 9.67 Å². The molecule has 3 atom stereocenters. The normalized spacial score (nSPS) is 27.9. The van der Waals surface area contributed by atoms with Crippen molar-refractivity contribution in [1.82, 2.24) is 4.47 Å². The Balaban J connectivity index is 2.20. The van der Waals surface area contributed by atoms with Crippen LogP contribution in [0.2, 0.25) is 0 Å². The van der Waals surface area contributed by atoms with E-state index in [1.54, 1.807) is 19.1 Å². The summed E-state index contributed by atoms with van der Waals surface area (Å²) in [6, 6.07) is 6.08. The monoisotopic (exact) mass is 284 g/mol. The molecule has 1 saturated heterocycles. The van der Waals surface area contributed by atoms with Gasteiger partial charge in [-0.2, -0.15) is 0 Å². The van der Waals surface area contributed by atoms with Crippen molar-refractivity contribution >= 4 is 16.7 Å². The van der Waals surface area contributed by atoms with E-state index in [1.165, 1.54) is 16.6 Å². The van der Waals surface area contributed by atoms with E-state index < -0.39 is 26.4 Å². The Bertz CT molecular complexity index is 538. The molecule has 0 saturated carbocycles. The summed E-state index contributed by atoms with van der Waals surface area (Å²) in [4.78, 5) is 15.6. The lowest BCUT2D eigenvalue weighted by atomic mass is 10.1. The van der Waals surface area contributed by atoms with Crippen LogP contribution >= 0.6 is 0 Å². The minimum absolute atomic E-state index is 0.0245. The molecule has 0 N–H and O–H groups in total. The average Bonchev–Trinajstić information content (AvgIpc) is 3.01. The fourth-order valence-electron chi connectivity index (χ4n) is 1.63. The molecule has 0 aromatic heterocycles. The molecule has 6 nitrogen and oxygen atoms in total. The number of benzene rings is 1. The molecule has 2 rings (SSSR count). The average molecular weight is 284 g/mol. The van der Waals surface area contributed by atoms with Gasteiger partial charge in [-0.25, -0.2) is 4.21 Å². The molecule has 0 bridgehead atoms. The Morgan fingerprint density at radius 3 is 2.26 bits per heavy atom. The van der Waals surface area contributed by atoms with Crippen LogP contribution in [0, 0.1) is 10.1 Å². The molecule has 1 fully saturated rings. The van der Waals surface area contributed by atoms with Crippen molar-refractivity contribution in [3.05, 3.63) is 39.9 Å². The molecular formula is C12H16N2O4S. The molecule has 0 aliphatic carbocycles. The predicted molar refractivity (Wildman–Crippen MR) is 71.3 cm³/mol. The summed E-state index contributed by atoms with van der Waals surface area (Å²) in [5, 5.41) is 10.6. The van der Waals surface area contributed by atoms with Gasteiger partial charge in [-0.3, -0.25) is 15.0 Å². The number of rotatable bonds is 3. The maximum atomic E-state index is 12.2. The highest BCUT2D eigenvalue weighted by Gasteiger charge is 2.58. The first-order valence-electron chi connectivity index (χ1n) is 5.82. The van der Waals surface area contributed by atoms with Crippen molar-refractivity contribution in [1.29, 1.82) is 0 Å². The minimum Gasteiger partial charge on any atom is -0.258 e. The molecule has 104 valence electrons. The van der Waals surface area contributed by atoms with E-state index in [0.29, 0.717) is 0 Å². The molecule has 3 unspecified atom stereocenters. The van der Waals surface area contributed by atoms with Crippen molar-refractivity contribution in [3.63, 3.8) is 0 Å². The molecule has 0 spiro atoms. The minimum atomic E-state index is -1.28. The smallest absolute Gasteiger partial charge is 0.258 e. The quantitative estimate of drug-likeness (QED) is 0.485. The van der Waals surface area contributed by atoms with Gasteiger partial charge in [-0.05, 0) is 39.8 Å². The van der Waals surface area contributed by atoms with Crippen LogP contribution in [0.5, 0.6) is 0 Å². The van der Waals surface area contributed by atoms with Gasteiger partial charge in [0.2, 0.25) is 5.72 Å². The highest BCUT2D eigenvalue weighted by molar-refractivity contribution is 7.84. The van der Waals surface area contributed by atoms with Crippen LogP contribution in [0.3, 0.4) is 0 Å². The largest absolute Gasteiger partial charge is 0.269 e. The lowest BCUT2D eigenvalue weighted by Crippen LogP contribution is -2.29. The number of hydrogen-bond acceptors (Lipinski definition) is 4. The Hall–Kier alpha value is -1.31. The van der Waals surface area contributed by atoms with E-state index >= 15 is 0 Å². The summed E-state index contributed by atoms with van der Waals surface area (Å²) in [5.74, 6) is 0. The van der Waals surface area contributed by atoms with E-state index in [-0.39, 0.29) is 5.69 Å². The van der Waals surface area contributed by atoms with Crippen LogP contribution in [-0.2, 0) is 21.5 Å². The molecule has 1 aromatic rings. The molecule has 1 aliphatic rings. The fraction of sp³-hybridized carbons (Fsp3) is 0.500. The first-order chi connectivity index (χ1) is 8.66. The highest BCUT2D eigenvalue weighted by Crippen LogP contribution is 2.47. The van der Waals surface area contributed by atoms with Gasteiger partial charge in [0.25, 0.3) is 5.69 Å². The van der Waals surface area contributed by atoms with Gasteiger partial charge >= 0.3 is 0 Å². The van der Waals surface area contributed by atoms with Crippen LogP contribution in [0.25, 0.3) is 0 Å². The second-order valence-corrected chi connectivity index (χ2v) is 7.55. The van der Waals surface area contributed by atoms with E-state index in [9.17, 15) is 14.3 Å². The summed E-state index contributed by atoms with van der Waals surface area (Å²) < 4.78 is 13.2. The van der Waals surface area contributed by atoms with E-state index in [1.807, 2.05) is 20.8 Å².